The Labute approximate surface area is 182 Å². The van der Waals surface area contributed by atoms with E-state index in [2.05, 4.69) is 22.1 Å². The van der Waals surface area contributed by atoms with Gasteiger partial charge in [-0.3, -0.25) is 0 Å². The van der Waals surface area contributed by atoms with Crippen molar-refractivity contribution in [3.8, 4) is 15.8 Å². The summed E-state index contributed by atoms with van der Waals surface area (Å²) in [6, 6.07) is 9.01. The summed E-state index contributed by atoms with van der Waals surface area (Å²) in [6.07, 6.45) is 6.19. The summed E-state index contributed by atoms with van der Waals surface area (Å²) >= 11 is 7.42. The van der Waals surface area contributed by atoms with Gasteiger partial charge in [-0.2, -0.15) is 0 Å². The number of hydrogen-bond acceptors (Lipinski definition) is 7. The van der Waals surface area contributed by atoms with Gasteiger partial charge in [-0.25, -0.2) is 9.59 Å². The van der Waals surface area contributed by atoms with E-state index in [0.29, 0.717) is 29.4 Å². The standard InChI is InChI=1S/C16H18ClN3OS.C4H4O4/c1-20-12-6-7-13(20)9-14(8-12)21-16-19-18-15(22-16)10-2-4-11(17)5-3-10;5-3(6)1-2-4(7)8/h2-5,12-14H,6-9H2,1H3;1-2H,(H,5,6)(H,7,8)/b;2-1+/t12-,13+,14?;. The molecule has 0 saturated carbocycles. The van der Waals surface area contributed by atoms with Crippen molar-refractivity contribution in [2.75, 3.05) is 7.05 Å². The number of benzene rings is 1. The number of aromatic nitrogens is 2. The van der Waals surface area contributed by atoms with Crippen LogP contribution < -0.4 is 4.74 Å². The highest BCUT2D eigenvalue weighted by atomic mass is 35.5. The summed E-state index contributed by atoms with van der Waals surface area (Å²) in [6.45, 7) is 0. The number of hydrogen-bond donors (Lipinski definition) is 2. The van der Waals surface area contributed by atoms with Crippen LogP contribution in [0.4, 0.5) is 0 Å². The number of ether oxygens (including phenoxy) is 1. The number of carboxylic acid groups (broad SMARTS) is 2. The van der Waals surface area contributed by atoms with Crippen molar-refractivity contribution in [2.45, 2.75) is 43.9 Å². The van der Waals surface area contributed by atoms with Gasteiger partial charge in [0.25, 0.3) is 5.19 Å². The lowest BCUT2D eigenvalue weighted by Gasteiger charge is -2.35. The third kappa shape index (κ3) is 6.01. The van der Waals surface area contributed by atoms with Gasteiger partial charge in [0.15, 0.2) is 5.01 Å². The third-order valence-electron chi connectivity index (χ3n) is 5.19. The highest BCUT2D eigenvalue weighted by Gasteiger charge is 2.39. The molecule has 1 aromatic heterocycles. The van der Waals surface area contributed by atoms with Crippen molar-refractivity contribution in [3.63, 3.8) is 0 Å². The third-order valence-corrected chi connectivity index (χ3v) is 6.30. The first-order chi connectivity index (χ1) is 14.3. The summed E-state index contributed by atoms with van der Waals surface area (Å²) in [5, 5.41) is 26.3. The lowest BCUT2D eigenvalue weighted by molar-refractivity contribution is -0.134. The lowest BCUT2D eigenvalue weighted by atomic mass is 10.0. The van der Waals surface area contributed by atoms with Crippen molar-refractivity contribution >= 4 is 34.9 Å². The van der Waals surface area contributed by atoms with Crippen LogP contribution in [0.3, 0.4) is 0 Å². The minimum absolute atomic E-state index is 0.278. The fourth-order valence-corrected chi connectivity index (χ4v) is 4.60. The van der Waals surface area contributed by atoms with Gasteiger partial charge in [0.2, 0.25) is 0 Å². The molecule has 3 atom stereocenters. The maximum atomic E-state index is 9.55. The molecule has 1 aromatic carbocycles. The second-order valence-electron chi connectivity index (χ2n) is 7.15. The zero-order valence-corrected chi connectivity index (χ0v) is 17.8. The van der Waals surface area contributed by atoms with E-state index in [1.54, 1.807) is 0 Å². The maximum Gasteiger partial charge on any atom is 0.328 e. The van der Waals surface area contributed by atoms with Gasteiger partial charge in [-0.1, -0.05) is 40.2 Å². The number of aliphatic carboxylic acids is 2. The number of rotatable bonds is 5. The number of nitrogens with zero attached hydrogens (tertiary/aromatic N) is 3. The van der Waals surface area contributed by atoms with Crippen molar-refractivity contribution in [1.29, 1.82) is 0 Å². The minimum atomic E-state index is -1.26. The van der Waals surface area contributed by atoms with Crippen LogP contribution in [0.1, 0.15) is 25.7 Å². The minimum Gasteiger partial charge on any atom is -0.478 e. The molecule has 160 valence electrons. The molecule has 2 aromatic rings. The van der Waals surface area contributed by atoms with E-state index in [-0.39, 0.29) is 6.10 Å². The fraction of sp³-hybridized carbons (Fsp3) is 0.400. The van der Waals surface area contributed by atoms with E-state index in [0.717, 1.165) is 28.4 Å². The molecule has 0 amide bonds. The normalized spacial score (nSPS) is 23.1. The molecule has 2 fully saturated rings. The lowest BCUT2D eigenvalue weighted by Crippen LogP contribution is -2.43. The monoisotopic (exact) mass is 451 g/mol. The van der Waals surface area contributed by atoms with E-state index in [9.17, 15) is 9.59 Å². The molecule has 10 heteroatoms. The second-order valence-corrected chi connectivity index (χ2v) is 8.53. The average Bonchev–Trinajstić information content (AvgIpc) is 3.22. The number of halogens is 1. The van der Waals surface area contributed by atoms with Gasteiger partial charge in [0.1, 0.15) is 6.10 Å². The van der Waals surface area contributed by atoms with E-state index >= 15 is 0 Å². The Bertz CT molecular complexity index is 887. The van der Waals surface area contributed by atoms with Gasteiger partial charge in [-0.15, -0.1) is 5.10 Å². The molecule has 4 rings (SSSR count). The van der Waals surface area contributed by atoms with E-state index in [1.165, 1.54) is 24.2 Å². The molecular formula is C20H22ClN3O5S. The number of fused-ring (bicyclic) bond motifs is 2. The van der Waals surface area contributed by atoms with Crippen LogP contribution >= 0.6 is 22.9 Å². The average molecular weight is 452 g/mol. The first-order valence-corrected chi connectivity index (χ1v) is 10.6. The molecule has 30 heavy (non-hydrogen) atoms. The van der Waals surface area contributed by atoms with Gasteiger partial charge in [-0.05, 0) is 44.9 Å². The highest BCUT2D eigenvalue weighted by Crippen LogP contribution is 2.37. The van der Waals surface area contributed by atoms with Gasteiger partial charge in [0, 0.05) is 34.8 Å². The van der Waals surface area contributed by atoms with Crippen LogP contribution in [0.5, 0.6) is 5.19 Å². The van der Waals surface area contributed by atoms with Crippen LogP contribution in [0, 0.1) is 0 Å². The smallest absolute Gasteiger partial charge is 0.328 e. The Hall–Kier alpha value is -2.49. The number of carbonyl (C=O) groups is 2. The first-order valence-electron chi connectivity index (χ1n) is 9.43. The van der Waals surface area contributed by atoms with E-state index in [4.69, 9.17) is 26.6 Å². The highest BCUT2D eigenvalue weighted by molar-refractivity contribution is 7.16. The molecule has 2 bridgehead atoms. The Balaban J connectivity index is 0.000000275. The molecule has 1 unspecified atom stereocenters. The number of carboxylic acids is 2. The van der Waals surface area contributed by atoms with Crippen LogP contribution in [0.2, 0.25) is 5.02 Å². The predicted molar refractivity (Wildman–Crippen MR) is 113 cm³/mol. The molecular weight excluding hydrogens is 430 g/mol. The summed E-state index contributed by atoms with van der Waals surface area (Å²) in [7, 11) is 2.24. The Morgan fingerprint density at radius 2 is 1.67 bits per heavy atom. The molecule has 8 nitrogen and oxygen atoms in total. The van der Waals surface area contributed by atoms with Crippen LogP contribution in [0.25, 0.3) is 10.6 Å². The van der Waals surface area contributed by atoms with Crippen molar-refractivity contribution in [3.05, 3.63) is 41.4 Å². The summed E-state index contributed by atoms with van der Waals surface area (Å²) < 4.78 is 6.10. The summed E-state index contributed by atoms with van der Waals surface area (Å²) in [5.74, 6) is -2.51. The predicted octanol–water partition coefficient (Wildman–Crippen LogP) is 3.57. The van der Waals surface area contributed by atoms with Gasteiger partial charge >= 0.3 is 11.9 Å². The summed E-state index contributed by atoms with van der Waals surface area (Å²) in [4.78, 5) is 21.6. The van der Waals surface area contributed by atoms with Crippen LogP contribution in [-0.2, 0) is 9.59 Å². The summed E-state index contributed by atoms with van der Waals surface area (Å²) in [5.41, 5.74) is 1.03. The Morgan fingerprint density at radius 1 is 1.10 bits per heavy atom. The zero-order valence-electron chi connectivity index (χ0n) is 16.3. The van der Waals surface area contributed by atoms with Gasteiger partial charge in [0.05, 0.1) is 0 Å². The maximum absolute atomic E-state index is 9.55. The second kappa shape index (κ2) is 10.0. The topological polar surface area (TPSA) is 113 Å². The first kappa shape index (κ1) is 22.2. The van der Waals surface area contributed by atoms with Gasteiger partial charge < -0.3 is 19.8 Å². The molecule has 2 aliphatic rings. The van der Waals surface area contributed by atoms with Crippen LogP contribution in [0.15, 0.2) is 36.4 Å². The quantitative estimate of drug-likeness (QED) is 0.663. The van der Waals surface area contributed by atoms with Crippen molar-refractivity contribution < 1.29 is 24.5 Å². The largest absolute Gasteiger partial charge is 0.478 e. The molecule has 0 spiro atoms. The van der Waals surface area contributed by atoms with Crippen molar-refractivity contribution in [2.24, 2.45) is 0 Å². The molecule has 3 heterocycles. The zero-order chi connectivity index (χ0) is 21.7. The Kier molecular flexibility index (Phi) is 7.41. The van der Waals surface area contributed by atoms with E-state index < -0.39 is 11.9 Å². The molecule has 2 N–H and O–H groups in total. The molecule has 2 saturated heterocycles. The molecule has 0 radical (unpaired) electrons. The molecule has 2 aliphatic heterocycles. The van der Waals surface area contributed by atoms with Crippen LogP contribution in [-0.4, -0.2) is 62.5 Å². The SMILES string of the molecule is CN1[C@@H]2CC[C@H]1CC(Oc1nnc(-c3ccc(Cl)cc3)s1)C2.O=C(O)/C=C/C(=O)O. The molecule has 0 aliphatic carbocycles. The van der Waals surface area contributed by atoms with E-state index in [1.807, 2.05) is 24.3 Å². The Morgan fingerprint density at radius 3 is 2.20 bits per heavy atom. The number of piperidine rings is 1. The fourth-order valence-electron chi connectivity index (χ4n) is 3.71. The van der Waals surface area contributed by atoms with Crippen molar-refractivity contribution in [1.82, 2.24) is 15.1 Å².